The van der Waals surface area contributed by atoms with Crippen molar-refractivity contribution in [3.05, 3.63) is 89.8 Å². The van der Waals surface area contributed by atoms with Crippen LogP contribution in [0.5, 0.6) is 11.5 Å². The molecule has 0 aliphatic heterocycles. The molecule has 0 bridgehead atoms. The predicted molar refractivity (Wildman–Crippen MR) is 122 cm³/mol. The molecule has 0 saturated carbocycles. The topological polar surface area (TPSA) is 85.4 Å². The second-order valence-corrected chi connectivity index (χ2v) is 9.60. The maximum Gasteiger partial charge on any atom is 0.257 e. The Balaban J connectivity index is 1.42. The molecule has 0 spiro atoms. The Labute approximate surface area is 184 Å². The summed E-state index contributed by atoms with van der Waals surface area (Å²) in [4.78, 5) is 17.1. The van der Waals surface area contributed by atoms with Crippen molar-refractivity contribution in [2.45, 2.75) is 4.90 Å². The fourth-order valence-corrected chi connectivity index (χ4v) is 4.15. The van der Waals surface area contributed by atoms with Crippen LogP contribution in [0, 0.1) is 0 Å². The molecule has 0 radical (unpaired) electrons. The van der Waals surface area contributed by atoms with Gasteiger partial charge in [0.1, 0.15) is 11.5 Å². The van der Waals surface area contributed by atoms with Crippen molar-refractivity contribution in [1.29, 1.82) is 0 Å². The van der Waals surface area contributed by atoms with Crippen LogP contribution in [-0.4, -0.2) is 25.6 Å². The molecule has 0 unspecified atom stereocenters. The van der Waals surface area contributed by atoms with E-state index >= 15 is 0 Å². The van der Waals surface area contributed by atoms with Crippen molar-refractivity contribution >= 4 is 32.2 Å². The fraction of sp³-hybridized carbons (Fsp3) is 0.0435. The predicted octanol–water partition coefficient (Wildman–Crippen LogP) is 5.26. The summed E-state index contributed by atoms with van der Waals surface area (Å²) in [5.41, 5.74) is 1.99. The molecule has 3 aromatic carbocycles. The number of carbonyl (C=O) groups excluding carboxylic acids is 1. The number of benzene rings is 3. The Morgan fingerprint density at radius 1 is 0.903 bits per heavy atom. The summed E-state index contributed by atoms with van der Waals surface area (Å²) in [5, 5.41) is 5.06. The van der Waals surface area contributed by atoms with Crippen LogP contribution in [0.2, 0.25) is 0 Å². The third kappa shape index (κ3) is 5.17. The van der Waals surface area contributed by atoms with Crippen LogP contribution in [0.25, 0.3) is 11.3 Å². The van der Waals surface area contributed by atoms with Crippen molar-refractivity contribution in [2.24, 2.45) is 0 Å². The Morgan fingerprint density at radius 3 is 2.19 bits per heavy atom. The third-order valence-electron chi connectivity index (χ3n) is 4.40. The zero-order chi connectivity index (χ0) is 21.8. The molecule has 0 aliphatic carbocycles. The first-order chi connectivity index (χ1) is 14.9. The van der Waals surface area contributed by atoms with Crippen molar-refractivity contribution in [1.82, 2.24) is 4.98 Å². The lowest BCUT2D eigenvalue weighted by atomic mass is 10.2. The highest BCUT2D eigenvalue weighted by Crippen LogP contribution is 2.28. The molecular formula is C23H18N2O4S2. The summed E-state index contributed by atoms with van der Waals surface area (Å²) in [6, 6.07) is 22.8. The van der Waals surface area contributed by atoms with Crippen molar-refractivity contribution < 1.29 is 17.9 Å². The van der Waals surface area contributed by atoms with Gasteiger partial charge < -0.3 is 4.74 Å². The first-order valence-corrected chi connectivity index (χ1v) is 12.1. The van der Waals surface area contributed by atoms with E-state index in [1.54, 1.807) is 0 Å². The highest BCUT2D eigenvalue weighted by molar-refractivity contribution is 7.90. The molecule has 156 valence electrons. The van der Waals surface area contributed by atoms with Crippen LogP contribution < -0.4 is 10.1 Å². The number of anilines is 1. The molecule has 1 N–H and O–H groups in total. The number of ether oxygens (including phenoxy) is 1. The van der Waals surface area contributed by atoms with E-state index < -0.39 is 9.84 Å². The maximum atomic E-state index is 12.4. The molecule has 4 rings (SSSR count). The molecule has 4 aromatic rings. The zero-order valence-corrected chi connectivity index (χ0v) is 18.1. The van der Waals surface area contributed by atoms with Gasteiger partial charge in [-0.2, -0.15) is 0 Å². The SMILES string of the molecule is CS(=O)(=O)c1ccc(C(=O)Nc2nc(-c3ccc(Oc4ccccc4)cc3)cs2)cc1. The standard InChI is InChI=1S/C23H18N2O4S2/c1-31(27,28)20-13-9-17(10-14-20)22(26)25-23-24-21(15-30-23)16-7-11-19(12-8-16)29-18-5-3-2-4-6-18/h2-15H,1H3,(H,24,25,26). The number of nitrogens with zero attached hydrogens (tertiary/aromatic N) is 1. The summed E-state index contributed by atoms with van der Waals surface area (Å²) in [5.74, 6) is 1.13. The second kappa shape index (κ2) is 8.71. The number of rotatable bonds is 6. The number of thiazole rings is 1. The van der Waals surface area contributed by atoms with Gasteiger partial charge in [0.25, 0.3) is 5.91 Å². The lowest BCUT2D eigenvalue weighted by molar-refractivity contribution is 0.102. The second-order valence-electron chi connectivity index (χ2n) is 6.73. The van der Waals surface area contributed by atoms with Gasteiger partial charge in [-0.05, 0) is 60.7 Å². The summed E-state index contributed by atoms with van der Waals surface area (Å²) >= 11 is 1.31. The number of carbonyl (C=O) groups is 1. The smallest absolute Gasteiger partial charge is 0.257 e. The van der Waals surface area contributed by atoms with E-state index in [0.717, 1.165) is 29.0 Å². The Bertz CT molecular complexity index is 1300. The average Bonchev–Trinajstić information content (AvgIpc) is 3.23. The number of para-hydroxylation sites is 1. The van der Waals surface area contributed by atoms with Gasteiger partial charge in [-0.3, -0.25) is 10.1 Å². The van der Waals surface area contributed by atoms with Gasteiger partial charge in [0, 0.05) is 22.8 Å². The average molecular weight is 451 g/mol. The first kappa shape index (κ1) is 20.8. The number of aromatic nitrogens is 1. The molecule has 0 fully saturated rings. The van der Waals surface area contributed by atoms with Crippen molar-refractivity contribution in [3.8, 4) is 22.8 Å². The summed E-state index contributed by atoms with van der Waals surface area (Å²) in [6.45, 7) is 0. The molecule has 1 amide bonds. The minimum Gasteiger partial charge on any atom is -0.457 e. The maximum absolute atomic E-state index is 12.4. The van der Waals surface area contributed by atoms with Crippen molar-refractivity contribution in [3.63, 3.8) is 0 Å². The van der Waals surface area contributed by atoms with Gasteiger partial charge in [-0.1, -0.05) is 18.2 Å². The van der Waals surface area contributed by atoms with E-state index in [2.05, 4.69) is 10.3 Å². The van der Waals surface area contributed by atoms with Gasteiger partial charge >= 0.3 is 0 Å². The van der Waals surface area contributed by atoms with Crippen LogP contribution in [0.3, 0.4) is 0 Å². The highest BCUT2D eigenvalue weighted by Gasteiger charge is 2.12. The van der Waals surface area contributed by atoms with E-state index in [1.165, 1.54) is 35.6 Å². The zero-order valence-electron chi connectivity index (χ0n) is 16.5. The van der Waals surface area contributed by atoms with Crippen LogP contribution in [-0.2, 0) is 9.84 Å². The molecule has 0 atom stereocenters. The molecule has 31 heavy (non-hydrogen) atoms. The molecule has 1 aromatic heterocycles. The molecule has 0 aliphatic rings. The van der Waals surface area contributed by atoms with E-state index in [9.17, 15) is 13.2 Å². The number of hydrogen-bond donors (Lipinski definition) is 1. The Morgan fingerprint density at radius 2 is 1.55 bits per heavy atom. The minimum absolute atomic E-state index is 0.167. The van der Waals surface area contributed by atoms with Gasteiger partial charge in [-0.15, -0.1) is 11.3 Å². The third-order valence-corrected chi connectivity index (χ3v) is 6.28. The van der Waals surface area contributed by atoms with Gasteiger partial charge in [0.2, 0.25) is 0 Å². The van der Waals surface area contributed by atoms with E-state index in [1.807, 2.05) is 60.0 Å². The van der Waals surface area contributed by atoms with Gasteiger partial charge in [-0.25, -0.2) is 13.4 Å². The van der Waals surface area contributed by atoms with E-state index in [4.69, 9.17) is 4.74 Å². The molecule has 8 heteroatoms. The largest absolute Gasteiger partial charge is 0.457 e. The van der Waals surface area contributed by atoms with Crippen LogP contribution in [0.15, 0.2) is 89.1 Å². The highest BCUT2D eigenvalue weighted by atomic mass is 32.2. The minimum atomic E-state index is -3.30. The number of nitrogens with one attached hydrogen (secondary N) is 1. The number of sulfone groups is 1. The lowest BCUT2D eigenvalue weighted by Gasteiger charge is -2.06. The fourth-order valence-electron chi connectivity index (χ4n) is 2.80. The quantitative estimate of drug-likeness (QED) is 0.433. The molecule has 1 heterocycles. The summed E-state index contributed by atoms with van der Waals surface area (Å²) in [6.07, 6.45) is 1.12. The first-order valence-electron chi connectivity index (χ1n) is 9.29. The van der Waals surface area contributed by atoms with Crippen LogP contribution in [0.4, 0.5) is 5.13 Å². The number of hydrogen-bond acceptors (Lipinski definition) is 6. The van der Waals surface area contributed by atoms with Crippen molar-refractivity contribution in [2.75, 3.05) is 11.6 Å². The number of amides is 1. The lowest BCUT2D eigenvalue weighted by Crippen LogP contribution is -2.11. The Kier molecular flexibility index (Phi) is 5.83. The van der Waals surface area contributed by atoms with Gasteiger partial charge in [0.15, 0.2) is 15.0 Å². The Hall–Kier alpha value is -3.49. The monoisotopic (exact) mass is 450 g/mol. The van der Waals surface area contributed by atoms with E-state index in [0.29, 0.717) is 10.7 Å². The van der Waals surface area contributed by atoms with E-state index in [-0.39, 0.29) is 10.8 Å². The van der Waals surface area contributed by atoms with Crippen LogP contribution in [0.1, 0.15) is 10.4 Å². The van der Waals surface area contributed by atoms with Gasteiger partial charge in [0.05, 0.1) is 10.6 Å². The molecule has 6 nitrogen and oxygen atoms in total. The van der Waals surface area contributed by atoms with Crippen LogP contribution >= 0.6 is 11.3 Å². The summed E-state index contributed by atoms with van der Waals surface area (Å²) < 4.78 is 28.9. The normalized spacial score (nSPS) is 11.1. The molecule has 0 saturated heterocycles. The molecular weight excluding hydrogens is 432 g/mol. The summed E-state index contributed by atoms with van der Waals surface area (Å²) in [7, 11) is -3.30.